The molecule has 2 atom stereocenters. The smallest absolute Gasteiger partial charge is 0.229 e. The van der Waals surface area contributed by atoms with Crippen LogP contribution in [0.25, 0.3) is 0 Å². The van der Waals surface area contributed by atoms with Crippen LogP contribution in [0.1, 0.15) is 46.5 Å². The van der Waals surface area contributed by atoms with Gasteiger partial charge in [-0.2, -0.15) is 0 Å². The monoisotopic (exact) mass is 353 g/mol. The quantitative estimate of drug-likeness (QED) is 0.773. The molecule has 4 N–H and O–H groups in total. The Morgan fingerprint density at radius 3 is 2.17 bits per heavy atom. The highest BCUT2D eigenvalue weighted by atomic mass is 35.5. The lowest BCUT2D eigenvalue weighted by atomic mass is 9.74. The first-order valence-electron chi connectivity index (χ1n) is 8.30. The summed E-state index contributed by atoms with van der Waals surface area (Å²) in [5, 5.41) is 5.77. The van der Waals surface area contributed by atoms with Crippen LogP contribution < -0.4 is 16.4 Å². The predicted octanol–water partition coefficient (Wildman–Crippen LogP) is 3.55. The Morgan fingerprint density at radius 2 is 1.67 bits per heavy atom. The highest BCUT2D eigenvalue weighted by molar-refractivity contribution is 5.95. The summed E-state index contributed by atoms with van der Waals surface area (Å²) in [6.07, 6.45) is 3.85. The molecule has 2 amide bonds. The van der Waals surface area contributed by atoms with Crippen LogP contribution in [-0.4, -0.2) is 17.4 Å². The van der Waals surface area contributed by atoms with E-state index >= 15 is 0 Å². The van der Waals surface area contributed by atoms with E-state index in [4.69, 9.17) is 5.73 Å². The van der Waals surface area contributed by atoms with Crippen LogP contribution in [0.15, 0.2) is 24.3 Å². The van der Waals surface area contributed by atoms with Gasteiger partial charge >= 0.3 is 0 Å². The van der Waals surface area contributed by atoms with Gasteiger partial charge in [0, 0.05) is 22.8 Å². The molecule has 0 aromatic heterocycles. The van der Waals surface area contributed by atoms with E-state index in [9.17, 15) is 9.59 Å². The molecule has 0 radical (unpaired) electrons. The molecule has 0 aliphatic heterocycles. The molecular weight excluding hydrogens is 326 g/mol. The van der Waals surface area contributed by atoms with Crippen LogP contribution in [0, 0.1) is 11.8 Å². The maximum Gasteiger partial charge on any atom is 0.229 e. The Bertz CT molecular complexity index is 570. The minimum absolute atomic E-state index is 0. The van der Waals surface area contributed by atoms with E-state index in [1.54, 1.807) is 24.3 Å². The van der Waals surface area contributed by atoms with E-state index in [1.807, 2.05) is 20.8 Å². The molecule has 1 aliphatic carbocycles. The van der Waals surface area contributed by atoms with Gasteiger partial charge in [-0.05, 0) is 44.0 Å². The fraction of sp³-hybridized carbons (Fsp3) is 0.556. The summed E-state index contributed by atoms with van der Waals surface area (Å²) in [5.41, 5.74) is 7.28. The number of carbonyl (C=O) groups is 2. The molecule has 1 aromatic rings. The Morgan fingerprint density at radius 1 is 1.12 bits per heavy atom. The minimum atomic E-state index is -0.437. The summed E-state index contributed by atoms with van der Waals surface area (Å²) in [4.78, 5) is 24.1. The lowest BCUT2D eigenvalue weighted by Crippen LogP contribution is -2.51. The largest absolute Gasteiger partial charge is 0.326 e. The number of nitrogens with one attached hydrogen (secondary N) is 2. The topological polar surface area (TPSA) is 84.2 Å². The van der Waals surface area contributed by atoms with Crippen LogP contribution in [0.3, 0.4) is 0 Å². The second-order valence-corrected chi connectivity index (χ2v) is 7.01. The van der Waals surface area contributed by atoms with Crippen molar-refractivity contribution in [3.05, 3.63) is 24.3 Å². The maximum absolute atomic E-state index is 12.5. The average Bonchev–Trinajstić information content (AvgIpc) is 2.48. The molecule has 134 valence electrons. The van der Waals surface area contributed by atoms with Gasteiger partial charge in [-0.3, -0.25) is 9.59 Å². The second-order valence-electron chi connectivity index (χ2n) is 7.01. The average molecular weight is 354 g/mol. The fourth-order valence-corrected chi connectivity index (χ4v) is 2.94. The molecular formula is C18H28ClN3O2. The van der Waals surface area contributed by atoms with Gasteiger partial charge in [-0.1, -0.05) is 26.7 Å². The Balaban J connectivity index is 0.00000288. The molecule has 1 aromatic carbocycles. The maximum atomic E-state index is 12.5. The zero-order valence-electron chi connectivity index (χ0n) is 14.6. The lowest BCUT2D eigenvalue weighted by Gasteiger charge is -2.37. The molecule has 0 spiro atoms. The molecule has 0 bridgehead atoms. The number of nitrogens with two attached hydrogens (primary N) is 1. The number of amides is 2. The van der Waals surface area contributed by atoms with Crippen molar-refractivity contribution in [3.8, 4) is 0 Å². The number of carbonyl (C=O) groups excluding carboxylic acids is 2. The van der Waals surface area contributed by atoms with Crippen molar-refractivity contribution in [2.24, 2.45) is 17.6 Å². The van der Waals surface area contributed by atoms with Crippen LogP contribution in [0.4, 0.5) is 11.4 Å². The van der Waals surface area contributed by atoms with E-state index in [-0.39, 0.29) is 36.1 Å². The molecule has 1 fully saturated rings. The Labute approximate surface area is 150 Å². The first-order chi connectivity index (χ1) is 10.8. The van der Waals surface area contributed by atoms with Crippen molar-refractivity contribution >= 4 is 35.6 Å². The van der Waals surface area contributed by atoms with Crippen LogP contribution in [-0.2, 0) is 9.59 Å². The van der Waals surface area contributed by atoms with Crippen LogP contribution >= 0.6 is 12.4 Å². The Hall–Kier alpha value is -1.59. The third-order valence-corrected chi connectivity index (χ3v) is 4.52. The second kappa shape index (κ2) is 8.49. The number of anilines is 2. The van der Waals surface area contributed by atoms with Crippen molar-refractivity contribution in [1.82, 2.24) is 0 Å². The molecule has 2 unspecified atom stereocenters. The zero-order chi connectivity index (χ0) is 17.0. The predicted molar refractivity (Wildman–Crippen MR) is 100 cm³/mol. The molecule has 6 heteroatoms. The van der Waals surface area contributed by atoms with E-state index in [2.05, 4.69) is 10.6 Å². The third kappa shape index (κ3) is 5.21. The molecule has 1 aliphatic rings. The van der Waals surface area contributed by atoms with Gasteiger partial charge < -0.3 is 16.4 Å². The highest BCUT2D eigenvalue weighted by Gasteiger charge is 2.37. The van der Waals surface area contributed by atoms with Gasteiger partial charge in [0.25, 0.3) is 0 Å². The fourth-order valence-electron chi connectivity index (χ4n) is 2.94. The van der Waals surface area contributed by atoms with Crippen molar-refractivity contribution in [3.63, 3.8) is 0 Å². The molecule has 24 heavy (non-hydrogen) atoms. The standard InChI is InChI=1S/C18H27N3O2.ClH/c1-12(2)16(22)20-13-7-9-14(10-8-13)21-17(23)15-6-4-5-11-18(15,3)19;/h7-10,12,15H,4-6,11,19H2,1-3H3,(H,20,22)(H,21,23);1H. The first kappa shape index (κ1) is 20.5. The van der Waals surface area contributed by atoms with Gasteiger partial charge in [0.15, 0.2) is 0 Å². The number of hydrogen-bond donors (Lipinski definition) is 3. The summed E-state index contributed by atoms with van der Waals surface area (Å²) in [6.45, 7) is 5.65. The van der Waals surface area contributed by atoms with Crippen molar-refractivity contribution in [2.45, 2.75) is 52.0 Å². The normalized spacial score (nSPS) is 23.3. The summed E-state index contributed by atoms with van der Waals surface area (Å²) in [5.74, 6) is -0.268. The summed E-state index contributed by atoms with van der Waals surface area (Å²) < 4.78 is 0. The van der Waals surface area contributed by atoms with Gasteiger partial charge in [0.1, 0.15) is 0 Å². The SMILES string of the molecule is CC(C)C(=O)Nc1ccc(NC(=O)C2CCCCC2(C)N)cc1.Cl. The summed E-state index contributed by atoms with van der Waals surface area (Å²) in [6, 6.07) is 7.17. The number of hydrogen-bond acceptors (Lipinski definition) is 3. The summed E-state index contributed by atoms with van der Waals surface area (Å²) in [7, 11) is 0. The lowest BCUT2D eigenvalue weighted by molar-refractivity contribution is -0.123. The van der Waals surface area contributed by atoms with Gasteiger partial charge in [-0.15, -0.1) is 12.4 Å². The molecule has 1 saturated carbocycles. The number of rotatable bonds is 4. The number of halogens is 1. The molecule has 5 nitrogen and oxygen atoms in total. The summed E-state index contributed by atoms with van der Waals surface area (Å²) >= 11 is 0. The Kier molecular flexibility index (Phi) is 7.24. The van der Waals surface area contributed by atoms with Gasteiger partial charge in [-0.25, -0.2) is 0 Å². The third-order valence-electron chi connectivity index (χ3n) is 4.52. The van der Waals surface area contributed by atoms with E-state index in [1.165, 1.54) is 0 Å². The van der Waals surface area contributed by atoms with Crippen LogP contribution in [0.2, 0.25) is 0 Å². The van der Waals surface area contributed by atoms with Gasteiger partial charge in [0.2, 0.25) is 11.8 Å². The van der Waals surface area contributed by atoms with Gasteiger partial charge in [0.05, 0.1) is 5.92 Å². The molecule has 2 rings (SSSR count). The molecule has 0 saturated heterocycles. The first-order valence-corrected chi connectivity index (χ1v) is 8.30. The number of benzene rings is 1. The van der Waals surface area contributed by atoms with E-state index in [0.717, 1.165) is 37.1 Å². The van der Waals surface area contributed by atoms with Crippen LogP contribution in [0.5, 0.6) is 0 Å². The van der Waals surface area contributed by atoms with Crippen molar-refractivity contribution in [2.75, 3.05) is 10.6 Å². The van der Waals surface area contributed by atoms with Crippen molar-refractivity contribution < 1.29 is 9.59 Å². The van der Waals surface area contributed by atoms with E-state index < -0.39 is 5.54 Å². The minimum Gasteiger partial charge on any atom is -0.326 e. The zero-order valence-corrected chi connectivity index (χ0v) is 15.4. The molecule has 0 heterocycles. The van der Waals surface area contributed by atoms with Crippen molar-refractivity contribution in [1.29, 1.82) is 0 Å². The highest BCUT2D eigenvalue weighted by Crippen LogP contribution is 2.32. The van der Waals surface area contributed by atoms with E-state index in [0.29, 0.717) is 0 Å².